The van der Waals surface area contributed by atoms with E-state index < -0.39 is 0 Å². The lowest BCUT2D eigenvalue weighted by atomic mass is 10.0. The van der Waals surface area contributed by atoms with Crippen molar-refractivity contribution in [1.29, 1.82) is 0 Å². The summed E-state index contributed by atoms with van der Waals surface area (Å²) in [5, 5.41) is 2.92. The maximum atomic E-state index is 10.2. The minimum absolute atomic E-state index is 0.277. The Morgan fingerprint density at radius 2 is 1.16 bits per heavy atom. The SMILES string of the molecule is CCCCCCCCCCCCCCCC[n+]1ccc(CN=O)cc1. The van der Waals surface area contributed by atoms with E-state index in [1.807, 2.05) is 12.1 Å². The van der Waals surface area contributed by atoms with Gasteiger partial charge in [0, 0.05) is 18.6 Å². The van der Waals surface area contributed by atoms with Crippen molar-refractivity contribution in [3.63, 3.8) is 0 Å². The van der Waals surface area contributed by atoms with Crippen LogP contribution in [0.3, 0.4) is 0 Å². The van der Waals surface area contributed by atoms with E-state index in [-0.39, 0.29) is 6.54 Å². The second kappa shape index (κ2) is 16.2. The number of nitroso groups, excluding NO2 is 1. The van der Waals surface area contributed by atoms with Crippen molar-refractivity contribution in [3.8, 4) is 0 Å². The van der Waals surface area contributed by atoms with Crippen LogP contribution in [0.2, 0.25) is 0 Å². The molecule has 3 heteroatoms. The molecule has 0 aliphatic carbocycles. The monoisotopic (exact) mass is 347 g/mol. The molecule has 0 aromatic carbocycles. The lowest BCUT2D eigenvalue weighted by Crippen LogP contribution is -2.32. The molecule has 1 aromatic heterocycles. The summed E-state index contributed by atoms with van der Waals surface area (Å²) in [5.74, 6) is 0. The van der Waals surface area contributed by atoms with Crippen LogP contribution in [0.15, 0.2) is 29.7 Å². The maximum absolute atomic E-state index is 10.2. The number of aromatic nitrogens is 1. The molecule has 0 fully saturated rings. The van der Waals surface area contributed by atoms with Gasteiger partial charge in [0.25, 0.3) is 0 Å². The number of nitrogens with zero attached hydrogens (tertiary/aromatic N) is 2. The lowest BCUT2D eigenvalue weighted by Gasteiger charge is -2.03. The van der Waals surface area contributed by atoms with Crippen LogP contribution in [-0.2, 0) is 13.1 Å². The topological polar surface area (TPSA) is 33.3 Å². The fourth-order valence-electron chi connectivity index (χ4n) is 3.31. The first kappa shape index (κ1) is 21.8. The highest BCUT2D eigenvalue weighted by Gasteiger charge is 2.01. The smallest absolute Gasteiger partial charge is 0.169 e. The van der Waals surface area contributed by atoms with Gasteiger partial charge in [-0.15, -0.1) is 0 Å². The third-order valence-electron chi connectivity index (χ3n) is 4.98. The van der Waals surface area contributed by atoms with Crippen LogP contribution in [0.4, 0.5) is 0 Å². The summed E-state index contributed by atoms with van der Waals surface area (Å²) in [5.41, 5.74) is 0.993. The summed E-state index contributed by atoms with van der Waals surface area (Å²) in [6.07, 6.45) is 23.7. The van der Waals surface area contributed by atoms with Gasteiger partial charge in [0.1, 0.15) is 13.1 Å². The summed E-state index contributed by atoms with van der Waals surface area (Å²) in [4.78, 5) is 10.2. The Balaban J connectivity index is 1.83. The van der Waals surface area contributed by atoms with E-state index in [1.165, 1.54) is 89.9 Å². The molecule has 1 heterocycles. The average molecular weight is 348 g/mol. The quantitative estimate of drug-likeness (QED) is 0.175. The van der Waals surface area contributed by atoms with E-state index in [9.17, 15) is 4.91 Å². The molecule has 0 N–H and O–H groups in total. The van der Waals surface area contributed by atoms with Gasteiger partial charge < -0.3 is 0 Å². The van der Waals surface area contributed by atoms with Crippen molar-refractivity contribution >= 4 is 0 Å². The minimum atomic E-state index is 0.277. The maximum Gasteiger partial charge on any atom is 0.169 e. The molecule has 0 aliphatic rings. The number of unbranched alkanes of at least 4 members (excludes halogenated alkanes) is 13. The van der Waals surface area contributed by atoms with Crippen LogP contribution in [0.1, 0.15) is 102 Å². The Kier molecular flexibility index (Phi) is 14.1. The van der Waals surface area contributed by atoms with E-state index in [4.69, 9.17) is 0 Å². The largest absolute Gasteiger partial charge is 0.205 e. The fourth-order valence-corrected chi connectivity index (χ4v) is 3.31. The highest BCUT2D eigenvalue weighted by Crippen LogP contribution is 2.12. The van der Waals surface area contributed by atoms with Crippen LogP contribution < -0.4 is 4.57 Å². The van der Waals surface area contributed by atoms with Gasteiger partial charge in [0.05, 0.1) is 0 Å². The minimum Gasteiger partial charge on any atom is -0.205 e. The summed E-state index contributed by atoms with van der Waals surface area (Å²) < 4.78 is 2.20. The van der Waals surface area contributed by atoms with Crippen molar-refractivity contribution in [2.75, 3.05) is 0 Å². The fraction of sp³-hybridized carbons (Fsp3) is 0.773. The predicted octanol–water partition coefficient (Wildman–Crippen LogP) is 6.72. The molecule has 0 unspecified atom stereocenters. The van der Waals surface area contributed by atoms with Gasteiger partial charge in [-0.05, 0) is 12.0 Å². The van der Waals surface area contributed by atoms with Crippen LogP contribution in [-0.4, -0.2) is 0 Å². The van der Waals surface area contributed by atoms with Gasteiger partial charge in [-0.1, -0.05) is 89.2 Å². The van der Waals surface area contributed by atoms with Crippen LogP contribution in [0.25, 0.3) is 0 Å². The first-order chi connectivity index (χ1) is 12.4. The standard InChI is InChI=1S/C22H39N2O/c1-2-3-4-5-6-7-8-9-10-11-12-13-14-15-18-24-19-16-22(17-20-24)21-23-25/h16-17,19-20H,2-15,18,21H2,1H3/q+1. The van der Waals surface area contributed by atoms with Crippen molar-refractivity contribution in [1.82, 2.24) is 0 Å². The molecular formula is C22H39N2O+. The lowest BCUT2D eigenvalue weighted by molar-refractivity contribution is -0.697. The number of aryl methyl sites for hydroxylation is 1. The molecule has 142 valence electrons. The van der Waals surface area contributed by atoms with Gasteiger partial charge in [-0.25, -0.2) is 4.57 Å². The van der Waals surface area contributed by atoms with Crippen LogP contribution in [0.5, 0.6) is 0 Å². The summed E-state index contributed by atoms with van der Waals surface area (Å²) in [6.45, 7) is 3.64. The molecule has 1 rings (SSSR count). The molecule has 0 bridgehead atoms. The first-order valence-corrected chi connectivity index (χ1v) is 10.6. The molecule has 0 atom stereocenters. The highest BCUT2D eigenvalue weighted by molar-refractivity contribution is 5.06. The second-order valence-electron chi connectivity index (χ2n) is 7.33. The molecule has 0 amide bonds. The normalized spacial score (nSPS) is 10.9. The number of rotatable bonds is 17. The Labute approximate surface area is 155 Å². The summed E-state index contributed by atoms with van der Waals surface area (Å²) in [7, 11) is 0. The molecular weight excluding hydrogens is 308 g/mol. The van der Waals surface area contributed by atoms with Crippen LogP contribution in [0, 0.1) is 4.91 Å². The van der Waals surface area contributed by atoms with E-state index >= 15 is 0 Å². The van der Waals surface area contributed by atoms with E-state index in [1.54, 1.807) is 0 Å². The van der Waals surface area contributed by atoms with Gasteiger partial charge in [-0.2, -0.15) is 4.91 Å². The zero-order chi connectivity index (χ0) is 18.0. The summed E-state index contributed by atoms with van der Waals surface area (Å²) >= 11 is 0. The molecule has 25 heavy (non-hydrogen) atoms. The zero-order valence-corrected chi connectivity index (χ0v) is 16.4. The van der Waals surface area contributed by atoms with E-state index in [0.717, 1.165) is 12.1 Å². The Hall–Kier alpha value is -1.25. The predicted molar refractivity (Wildman–Crippen MR) is 106 cm³/mol. The number of pyridine rings is 1. The highest BCUT2D eigenvalue weighted by atomic mass is 16.3. The van der Waals surface area contributed by atoms with Crippen molar-refractivity contribution in [2.24, 2.45) is 5.18 Å². The molecule has 0 spiro atoms. The molecule has 3 nitrogen and oxygen atoms in total. The molecule has 0 radical (unpaired) electrons. The first-order valence-electron chi connectivity index (χ1n) is 10.6. The second-order valence-corrected chi connectivity index (χ2v) is 7.33. The molecule has 0 saturated heterocycles. The van der Waals surface area contributed by atoms with Crippen molar-refractivity contribution < 1.29 is 4.57 Å². The average Bonchev–Trinajstić information content (AvgIpc) is 2.63. The van der Waals surface area contributed by atoms with Gasteiger partial charge in [0.15, 0.2) is 12.4 Å². The van der Waals surface area contributed by atoms with E-state index in [0.29, 0.717) is 0 Å². The van der Waals surface area contributed by atoms with Crippen molar-refractivity contribution in [3.05, 3.63) is 35.0 Å². The van der Waals surface area contributed by atoms with E-state index in [2.05, 4.69) is 29.1 Å². The van der Waals surface area contributed by atoms with Crippen molar-refractivity contribution in [2.45, 2.75) is 110 Å². The number of hydrogen-bond acceptors (Lipinski definition) is 2. The molecule has 0 aliphatic heterocycles. The van der Waals surface area contributed by atoms with Crippen LogP contribution >= 0.6 is 0 Å². The third kappa shape index (κ3) is 12.7. The third-order valence-corrected chi connectivity index (χ3v) is 4.98. The Bertz CT molecular complexity index is 417. The molecule has 1 aromatic rings. The zero-order valence-electron chi connectivity index (χ0n) is 16.4. The summed E-state index contributed by atoms with van der Waals surface area (Å²) in [6, 6.07) is 3.98. The molecule has 0 saturated carbocycles. The Morgan fingerprint density at radius 3 is 1.60 bits per heavy atom. The van der Waals surface area contributed by atoms with Gasteiger partial charge in [0.2, 0.25) is 0 Å². The number of hydrogen-bond donors (Lipinski definition) is 0. The van der Waals surface area contributed by atoms with Gasteiger partial charge >= 0.3 is 0 Å². The Morgan fingerprint density at radius 1 is 0.720 bits per heavy atom. The van der Waals surface area contributed by atoms with Gasteiger partial charge in [-0.3, -0.25) is 0 Å².